The lowest BCUT2D eigenvalue weighted by atomic mass is 10.3. The molecular formula is C10H17N2OP. The van der Waals surface area contributed by atoms with Gasteiger partial charge < -0.3 is 4.52 Å². The normalized spacial score (nSPS) is 10.5. The second-order valence-corrected chi connectivity index (χ2v) is 4.13. The van der Waals surface area contributed by atoms with E-state index in [1.54, 1.807) is 0 Å². The Morgan fingerprint density at radius 3 is 2.14 bits per heavy atom. The van der Waals surface area contributed by atoms with Crippen molar-refractivity contribution >= 4 is 8.45 Å². The molecule has 0 saturated carbocycles. The maximum Gasteiger partial charge on any atom is 0.242 e. The number of benzene rings is 1. The predicted octanol–water partition coefficient (Wildman–Crippen LogP) is 2.51. The summed E-state index contributed by atoms with van der Waals surface area (Å²) in [6.45, 7) is 5.96. The zero-order valence-corrected chi connectivity index (χ0v) is 9.55. The SMILES string of the molecule is CCNP(NCC)Oc1ccccc1. The third kappa shape index (κ3) is 4.05. The van der Waals surface area contributed by atoms with Crippen molar-refractivity contribution in [3.63, 3.8) is 0 Å². The summed E-state index contributed by atoms with van der Waals surface area (Å²) in [5, 5.41) is 6.53. The van der Waals surface area contributed by atoms with Crippen LogP contribution in [-0.2, 0) is 0 Å². The molecule has 14 heavy (non-hydrogen) atoms. The fourth-order valence-electron chi connectivity index (χ4n) is 0.994. The minimum absolute atomic E-state index is 0.737. The van der Waals surface area contributed by atoms with Crippen LogP contribution in [0.25, 0.3) is 0 Å². The summed E-state index contributed by atoms with van der Waals surface area (Å²) in [6, 6.07) is 9.85. The van der Waals surface area contributed by atoms with Crippen molar-refractivity contribution in [1.29, 1.82) is 0 Å². The molecule has 1 aromatic carbocycles. The van der Waals surface area contributed by atoms with Crippen LogP contribution in [0, 0.1) is 0 Å². The van der Waals surface area contributed by atoms with E-state index in [0.29, 0.717) is 0 Å². The van der Waals surface area contributed by atoms with E-state index in [0.717, 1.165) is 18.8 Å². The number of nitrogens with one attached hydrogen (secondary N) is 2. The first-order valence-corrected chi connectivity index (χ1v) is 6.13. The van der Waals surface area contributed by atoms with Gasteiger partial charge in [0.25, 0.3) is 0 Å². The van der Waals surface area contributed by atoms with Crippen molar-refractivity contribution in [1.82, 2.24) is 10.2 Å². The standard InChI is InChI=1S/C10H17N2OP/c1-3-11-14(12-4-2)13-10-8-6-5-7-9-10/h5-9,11-12H,3-4H2,1-2H3. The molecule has 1 rings (SSSR count). The Labute approximate surface area is 86.8 Å². The Kier molecular flexibility index (Phi) is 5.53. The third-order valence-electron chi connectivity index (χ3n) is 1.54. The van der Waals surface area contributed by atoms with Gasteiger partial charge in [0.2, 0.25) is 8.45 Å². The van der Waals surface area contributed by atoms with Gasteiger partial charge in [-0.3, -0.25) is 10.2 Å². The quantitative estimate of drug-likeness (QED) is 0.711. The minimum Gasteiger partial charge on any atom is -0.445 e. The number of rotatable bonds is 6. The summed E-state index contributed by atoms with van der Waals surface area (Å²) >= 11 is 0. The minimum atomic E-state index is -0.737. The Balaban J connectivity index is 2.46. The molecular weight excluding hydrogens is 195 g/mol. The van der Waals surface area contributed by atoms with Gasteiger partial charge in [0, 0.05) is 13.1 Å². The molecule has 0 radical (unpaired) electrons. The van der Waals surface area contributed by atoms with E-state index in [4.69, 9.17) is 4.52 Å². The topological polar surface area (TPSA) is 33.3 Å². The van der Waals surface area contributed by atoms with Crippen molar-refractivity contribution in [2.75, 3.05) is 13.1 Å². The highest BCUT2D eigenvalue weighted by atomic mass is 31.2. The molecule has 0 amide bonds. The van der Waals surface area contributed by atoms with Crippen LogP contribution < -0.4 is 14.7 Å². The van der Waals surface area contributed by atoms with E-state index in [1.807, 2.05) is 30.3 Å². The van der Waals surface area contributed by atoms with Crippen LogP contribution in [-0.4, -0.2) is 13.1 Å². The lowest BCUT2D eigenvalue weighted by molar-refractivity contribution is 0.584. The zero-order chi connectivity index (χ0) is 10.2. The zero-order valence-electron chi connectivity index (χ0n) is 8.66. The fraction of sp³-hybridized carbons (Fsp3) is 0.400. The molecule has 4 heteroatoms. The highest BCUT2D eigenvalue weighted by Gasteiger charge is 2.06. The van der Waals surface area contributed by atoms with Crippen LogP contribution in [0.15, 0.2) is 30.3 Å². The summed E-state index contributed by atoms with van der Waals surface area (Å²) in [7, 11) is -0.737. The highest BCUT2D eigenvalue weighted by Crippen LogP contribution is 2.28. The predicted molar refractivity (Wildman–Crippen MR) is 61.3 cm³/mol. The van der Waals surface area contributed by atoms with Crippen molar-refractivity contribution in [3.05, 3.63) is 30.3 Å². The lowest BCUT2D eigenvalue weighted by Gasteiger charge is -2.18. The van der Waals surface area contributed by atoms with Gasteiger partial charge in [-0.25, -0.2) is 0 Å². The van der Waals surface area contributed by atoms with Crippen LogP contribution in [0.4, 0.5) is 0 Å². The van der Waals surface area contributed by atoms with Crippen molar-refractivity contribution in [3.8, 4) is 5.75 Å². The van der Waals surface area contributed by atoms with Gasteiger partial charge >= 0.3 is 0 Å². The molecule has 0 saturated heterocycles. The maximum atomic E-state index is 5.74. The molecule has 0 atom stereocenters. The molecule has 0 unspecified atom stereocenters. The van der Waals surface area contributed by atoms with Crippen LogP contribution in [0.1, 0.15) is 13.8 Å². The molecule has 0 spiro atoms. The average molecular weight is 212 g/mol. The van der Waals surface area contributed by atoms with Gasteiger partial charge in [-0.15, -0.1) is 0 Å². The monoisotopic (exact) mass is 212 g/mol. The van der Waals surface area contributed by atoms with Crippen molar-refractivity contribution in [2.45, 2.75) is 13.8 Å². The van der Waals surface area contributed by atoms with Gasteiger partial charge in [0.05, 0.1) is 0 Å². The van der Waals surface area contributed by atoms with Crippen molar-refractivity contribution < 1.29 is 4.52 Å². The molecule has 3 nitrogen and oxygen atoms in total. The first kappa shape index (κ1) is 11.4. The molecule has 2 N–H and O–H groups in total. The second kappa shape index (κ2) is 6.77. The van der Waals surface area contributed by atoms with Gasteiger partial charge in [-0.05, 0) is 12.1 Å². The molecule has 1 aromatic rings. The fourth-order valence-corrected chi connectivity index (χ4v) is 2.14. The van der Waals surface area contributed by atoms with Gasteiger partial charge in [-0.1, -0.05) is 32.0 Å². The second-order valence-electron chi connectivity index (χ2n) is 2.72. The van der Waals surface area contributed by atoms with Gasteiger partial charge in [0.1, 0.15) is 5.75 Å². The lowest BCUT2D eigenvalue weighted by Crippen LogP contribution is -2.21. The Bertz CT molecular complexity index is 237. The molecule has 0 aromatic heterocycles. The summed E-state index contributed by atoms with van der Waals surface area (Å²) < 4.78 is 5.74. The van der Waals surface area contributed by atoms with Crippen molar-refractivity contribution in [2.24, 2.45) is 0 Å². The Hall–Kier alpha value is -0.630. The largest absolute Gasteiger partial charge is 0.445 e. The first-order chi connectivity index (χ1) is 6.86. The van der Waals surface area contributed by atoms with Crippen LogP contribution in [0.3, 0.4) is 0 Å². The van der Waals surface area contributed by atoms with Crippen LogP contribution in [0.2, 0.25) is 0 Å². The molecule has 0 bridgehead atoms. The molecule has 0 aliphatic heterocycles. The first-order valence-electron chi connectivity index (χ1n) is 4.87. The van der Waals surface area contributed by atoms with E-state index >= 15 is 0 Å². The number of hydrogen-bond donors (Lipinski definition) is 2. The highest BCUT2D eigenvalue weighted by molar-refractivity contribution is 7.48. The van der Waals surface area contributed by atoms with E-state index in [9.17, 15) is 0 Å². The average Bonchev–Trinajstić information content (AvgIpc) is 2.20. The molecule has 0 aliphatic carbocycles. The van der Waals surface area contributed by atoms with E-state index in [2.05, 4.69) is 24.0 Å². The number of hydrogen-bond acceptors (Lipinski definition) is 3. The van der Waals surface area contributed by atoms with Crippen LogP contribution >= 0.6 is 8.45 Å². The molecule has 0 heterocycles. The third-order valence-corrected chi connectivity index (χ3v) is 3.14. The summed E-state index contributed by atoms with van der Waals surface area (Å²) in [5.74, 6) is 0.903. The van der Waals surface area contributed by atoms with E-state index < -0.39 is 8.45 Å². The smallest absolute Gasteiger partial charge is 0.242 e. The molecule has 78 valence electrons. The Morgan fingerprint density at radius 2 is 1.64 bits per heavy atom. The number of para-hydroxylation sites is 1. The summed E-state index contributed by atoms with van der Waals surface area (Å²) in [5.41, 5.74) is 0. The maximum absolute atomic E-state index is 5.74. The van der Waals surface area contributed by atoms with Crippen LogP contribution in [0.5, 0.6) is 5.75 Å². The summed E-state index contributed by atoms with van der Waals surface area (Å²) in [4.78, 5) is 0. The van der Waals surface area contributed by atoms with E-state index in [1.165, 1.54) is 0 Å². The summed E-state index contributed by atoms with van der Waals surface area (Å²) in [6.07, 6.45) is 0. The molecule has 0 aliphatic rings. The van der Waals surface area contributed by atoms with Gasteiger partial charge in [-0.2, -0.15) is 0 Å². The van der Waals surface area contributed by atoms with E-state index in [-0.39, 0.29) is 0 Å². The Morgan fingerprint density at radius 1 is 1.07 bits per heavy atom. The molecule has 0 fully saturated rings. The van der Waals surface area contributed by atoms with Gasteiger partial charge in [0.15, 0.2) is 0 Å².